The minimum absolute atomic E-state index is 0.198. The zero-order valence-electron chi connectivity index (χ0n) is 13.4. The Morgan fingerprint density at radius 2 is 1.80 bits per heavy atom. The number of ether oxygens (including phenoxy) is 1. The molecule has 130 valence electrons. The molecule has 2 aromatic rings. The summed E-state index contributed by atoms with van der Waals surface area (Å²) in [7, 11) is 0. The smallest absolute Gasteiger partial charge is 0.271 e. The van der Waals surface area contributed by atoms with Gasteiger partial charge in [-0.25, -0.2) is 0 Å². The van der Waals surface area contributed by atoms with Crippen LogP contribution in [0.5, 0.6) is 5.75 Å². The second-order valence-corrected chi connectivity index (χ2v) is 5.75. The van der Waals surface area contributed by atoms with Crippen molar-refractivity contribution in [1.82, 2.24) is 10.9 Å². The summed E-state index contributed by atoms with van der Waals surface area (Å²) >= 11 is 11.7. The van der Waals surface area contributed by atoms with Crippen molar-refractivity contribution < 1.29 is 14.3 Å². The van der Waals surface area contributed by atoms with E-state index in [1.807, 2.05) is 31.2 Å². The molecule has 2 amide bonds. The number of carbonyl (C=O) groups is 2. The Labute approximate surface area is 155 Å². The van der Waals surface area contributed by atoms with Crippen LogP contribution in [0.2, 0.25) is 10.0 Å². The van der Waals surface area contributed by atoms with Crippen LogP contribution < -0.4 is 15.6 Å². The number of hydrogen-bond donors (Lipinski definition) is 2. The third-order valence-electron chi connectivity index (χ3n) is 3.09. The lowest BCUT2D eigenvalue weighted by Crippen LogP contribution is -2.40. The average molecular weight is 379 g/mol. The Hall–Kier alpha value is -2.50. The Kier molecular flexibility index (Phi) is 6.86. The molecule has 0 aromatic heterocycles. The summed E-state index contributed by atoms with van der Waals surface area (Å²) in [5, 5.41) is 0.619. The molecule has 0 aliphatic carbocycles. The van der Waals surface area contributed by atoms with E-state index in [1.54, 1.807) is 6.08 Å². The van der Waals surface area contributed by atoms with Gasteiger partial charge in [-0.05, 0) is 48.9 Å². The van der Waals surface area contributed by atoms with Gasteiger partial charge in [-0.2, -0.15) is 0 Å². The molecule has 0 saturated carbocycles. The van der Waals surface area contributed by atoms with Crippen LogP contribution in [0.3, 0.4) is 0 Å². The van der Waals surface area contributed by atoms with E-state index in [9.17, 15) is 9.59 Å². The number of hydrazine groups is 1. The number of nitrogens with one attached hydrogen (secondary N) is 2. The molecule has 7 heteroatoms. The van der Waals surface area contributed by atoms with E-state index < -0.39 is 11.8 Å². The maximum Gasteiger partial charge on any atom is 0.271 e. The number of benzene rings is 2. The van der Waals surface area contributed by atoms with E-state index in [2.05, 4.69) is 10.9 Å². The molecule has 0 aliphatic rings. The zero-order valence-corrected chi connectivity index (χ0v) is 14.9. The van der Waals surface area contributed by atoms with Crippen LogP contribution in [0.25, 0.3) is 6.08 Å². The quantitative estimate of drug-likeness (QED) is 0.612. The summed E-state index contributed by atoms with van der Waals surface area (Å²) < 4.78 is 5.34. The van der Waals surface area contributed by atoms with Crippen molar-refractivity contribution in [3.63, 3.8) is 0 Å². The first-order valence-corrected chi connectivity index (χ1v) is 8.21. The Bertz CT molecular complexity index is 789. The van der Waals surface area contributed by atoms with E-state index >= 15 is 0 Å². The largest absolute Gasteiger partial charge is 0.494 e. The Morgan fingerprint density at radius 1 is 1.08 bits per heavy atom. The molecule has 0 bridgehead atoms. The highest BCUT2D eigenvalue weighted by Crippen LogP contribution is 2.20. The normalized spacial score (nSPS) is 10.5. The fourth-order valence-electron chi connectivity index (χ4n) is 1.91. The van der Waals surface area contributed by atoms with Crippen molar-refractivity contribution in [2.75, 3.05) is 6.61 Å². The second-order valence-electron chi connectivity index (χ2n) is 4.90. The number of carbonyl (C=O) groups excluding carboxylic acids is 2. The van der Waals surface area contributed by atoms with Gasteiger partial charge in [0.2, 0.25) is 0 Å². The highest BCUT2D eigenvalue weighted by molar-refractivity contribution is 6.36. The van der Waals surface area contributed by atoms with Crippen LogP contribution in [-0.2, 0) is 4.79 Å². The number of amides is 2. The van der Waals surface area contributed by atoms with Gasteiger partial charge in [-0.3, -0.25) is 20.4 Å². The molecule has 25 heavy (non-hydrogen) atoms. The fourth-order valence-corrected chi connectivity index (χ4v) is 2.41. The van der Waals surface area contributed by atoms with Crippen molar-refractivity contribution in [2.45, 2.75) is 6.92 Å². The van der Waals surface area contributed by atoms with Gasteiger partial charge >= 0.3 is 0 Å². The topological polar surface area (TPSA) is 67.4 Å². The maximum atomic E-state index is 12.0. The van der Waals surface area contributed by atoms with Gasteiger partial charge in [0.15, 0.2) is 0 Å². The van der Waals surface area contributed by atoms with Crippen LogP contribution in [-0.4, -0.2) is 18.4 Å². The van der Waals surface area contributed by atoms with Gasteiger partial charge in [0.25, 0.3) is 11.8 Å². The van der Waals surface area contributed by atoms with Gasteiger partial charge < -0.3 is 4.74 Å². The van der Waals surface area contributed by atoms with E-state index in [4.69, 9.17) is 27.9 Å². The molecule has 2 N–H and O–H groups in total. The standard InChI is InChI=1S/C18H16Cl2N2O3/c1-2-25-14-7-3-12(4-8-14)5-10-17(23)21-22-18(24)15-9-6-13(19)11-16(15)20/h3-11H,2H2,1H3,(H,21,23)(H,22,24)/b10-5+. The van der Waals surface area contributed by atoms with Crippen LogP contribution in [0, 0.1) is 0 Å². The molecule has 0 heterocycles. The van der Waals surface area contributed by atoms with E-state index in [-0.39, 0.29) is 10.6 Å². The zero-order chi connectivity index (χ0) is 18.2. The SMILES string of the molecule is CCOc1ccc(/C=C/C(=O)NNC(=O)c2ccc(Cl)cc2Cl)cc1. The molecule has 0 unspecified atom stereocenters. The van der Waals surface area contributed by atoms with Crippen molar-refractivity contribution >= 4 is 41.1 Å². The second kappa shape index (κ2) is 9.11. The van der Waals surface area contributed by atoms with E-state index in [0.29, 0.717) is 11.6 Å². The van der Waals surface area contributed by atoms with Crippen LogP contribution >= 0.6 is 23.2 Å². The number of halogens is 2. The summed E-state index contributed by atoms with van der Waals surface area (Å²) in [5.74, 6) is -0.256. The minimum Gasteiger partial charge on any atom is -0.494 e. The molecule has 0 aliphatic heterocycles. The Balaban J connectivity index is 1.88. The van der Waals surface area contributed by atoms with Crippen molar-refractivity contribution in [2.24, 2.45) is 0 Å². The monoisotopic (exact) mass is 378 g/mol. The molecule has 0 fully saturated rings. The van der Waals surface area contributed by atoms with Crippen molar-refractivity contribution in [3.8, 4) is 5.75 Å². The lowest BCUT2D eigenvalue weighted by molar-refractivity contribution is -0.117. The van der Waals surface area contributed by atoms with Crippen molar-refractivity contribution in [1.29, 1.82) is 0 Å². The predicted molar refractivity (Wildman–Crippen MR) is 98.7 cm³/mol. The average Bonchev–Trinajstić information content (AvgIpc) is 2.59. The van der Waals surface area contributed by atoms with Gasteiger partial charge in [-0.1, -0.05) is 35.3 Å². The first kappa shape index (κ1) is 18.8. The molecular formula is C18H16Cl2N2O3. The van der Waals surface area contributed by atoms with Crippen LogP contribution in [0.1, 0.15) is 22.8 Å². The third kappa shape index (κ3) is 5.81. The summed E-state index contributed by atoms with van der Waals surface area (Å²) in [5.41, 5.74) is 5.60. The molecule has 2 rings (SSSR count). The lowest BCUT2D eigenvalue weighted by atomic mass is 10.2. The van der Waals surface area contributed by atoms with E-state index in [1.165, 1.54) is 24.3 Å². The van der Waals surface area contributed by atoms with Crippen LogP contribution in [0.4, 0.5) is 0 Å². The predicted octanol–water partition coefficient (Wildman–Crippen LogP) is 3.87. The van der Waals surface area contributed by atoms with Gasteiger partial charge in [-0.15, -0.1) is 0 Å². The molecule has 5 nitrogen and oxygen atoms in total. The maximum absolute atomic E-state index is 12.0. The van der Waals surface area contributed by atoms with E-state index in [0.717, 1.165) is 11.3 Å². The fraction of sp³-hybridized carbons (Fsp3) is 0.111. The molecular weight excluding hydrogens is 363 g/mol. The Morgan fingerprint density at radius 3 is 2.44 bits per heavy atom. The summed E-state index contributed by atoms with van der Waals surface area (Å²) in [6.45, 7) is 2.50. The molecule has 0 radical (unpaired) electrons. The highest BCUT2D eigenvalue weighted by atomic mass is 35.5. The molecule has 0 spiro atoms. The molecule has 0 saturated heterocycles. The molecule has 2 aromatic carbocycles. The summed E-state index contributed by atoms with van der Waals surface area (Å²) in [6, 6.07) is 11.7. The summed E-state index contributed by atoms with van der Waals surface area (Å²) in [4.78, 5) is 23.7. The van der Waals surface area contributed by atoms with Crippen LogP contribution in [0.15, 0.2) is 48.5 Å². The molecule has 0 atom stereocenters. The van der Waals surface area contributed by atoms with Gasteiger partial charge in [0.05, 0.1) is 17.2 Å². The first-order chi connectivity index (χ1) is 12.0. The minimum atomic E-state index is -0.538. The highest BCUT2D eigenvalue weighted by Gasteiger charge is 2.10. The third-order valence-corrected chi connectivity index (χ3v) is 3.64. The van der Waals surface area contributed by atoms with Gasteiger partial charge in [0, 0.05) is 11.1 Å². The summed E-state index contributed by atoms with van der Waals surface area (Å²) in [6.07, 6.45) is 2.92. The van der Waals surface area contributed by atoms with Crippen molar-refractivity contribution in [3.05, 3.63) is 69.7 Å². The number of hydrogen-bond acceptors (Lipinski definition) is 3. The number of rotatable bonds is 5. The van der Waals surface area contributed by atoms with Gasteiger partial charge in [0.1, 0.15) is 5.75 Å². The lowest BCUT2D eigenvalue weighted by Gasteiger charge is -2.07. The first-order valence-electron chi connectivity index (χ1n) is 7.46.